The summed E-state index contributed by atoms with van der Waals surface area (Å²) >= 11 is 1.58. The summed E-state index contributed by atoms with van der Waals surface area (Å²) in [4.78, 5) is 12.6. The molecule has 16 heavy (non-hydrogen) atoms. The zero-order valence-corrected chi connectivity index (χ0v) is 10.6. The van der Waals surface area contributed by atoms with Crippen LogP contribution in [0.2, 0.25) is 0 Å². The van der Waals surface area contributed by atoms with Gasteiger partial charge in [-0.2, -0.15) is 0 Å². The van der Waals surface area contributed by atoms with Gasteiger partial charge in [-0.3, -0.25) is 4.79 Å². The average Bonchev–Trinajstić information content (AvgIpc) is 2.28. The standard InChI is InChI=1S/C12H18N2OS/c1-10-5-3-4-6-11(10)16-9-12(15)14-8-7-13-2/h3-6,13H,7-9H2,1-2H3,(H,14,15). The van der Waals surface area contributed by atoms with Crippen molar-refractivity contribution in [1.82, 2.24) is 10.6 Å². The number of carbonyl (C=O) groups is 1. The van der Waals surface area contributed by atoms with Gasteiger partial charge in [-0.15, -0.1) is 11.8 Å². The molecule has 0 saturated carbocycles. The summed E-state index contributed by atoms with van der Waals surface area (Å²) in [5.74, 6) is 0.567. The van der Waals surface area contributed by atoms with Gasteiger partial charge in [0.05, 0.1) is 5.75 Å². The maximum absolute atomic E-state index is 11.4. The Bertz CT molecular complexity index is 342. The highest BCUT2D eigenvalue weighted by molar-refractivity contribution is 8.00. The first-order valence-electron chi connectivity index (χ1n) is 5.33. The molecule has 0 fully saturated rings. The van der Waals surface area contributed by atoms with E-state index in [0.717, 1.165) is 6.54 Å². The minimum absolute atomic E-state index is 0.0866. The number of aryl methyl sites for hydroxylation is 1. The van der Waals surface area contributed by atoms with Crippen LogP contribution in [0.5, 0.6) is 0 Å². The Hall–Kier alpha value is -1.00. The summed E-state index contributed by atoms with van der Waals surface area (Å²) in [6.07, 6.45) is 0. The van der Waals surface area contributed by atoms with Crippen LogP contribution in [0.25, 0.3) is 0 Å². The first-order valence-corrected chi connectivity index (χ1v) is 6.32. The Labute approximate surface area is 101 Å². The quantitative estimate of drug-likeness (QED) is 0.582. The predicted octanol–water partition coefficient (Wildman–Crippen LogP) is 1.42. The zero-order chi connectivity index (χ0) is 11.8. The molecule has 0 aliphatic heterocycles. The number of thioether (sulfide) groups is 1. The molecule has 0 radical (unpaired) electrons. The number of nitrogens with one attached hydrogen (secondary N) is 2. The van der Waals surface area contributed by atoms with Gasteiger partial charge in [-0.25, -0.2) is 0 Å². The predicted molar refractivity (Wildman–Crippen MR) is 68.8 cm³/mol. The molecule has 0 aliphatic carbocycles. The molecular weight excluding hydrogens is 220 g/mol. The highest BCUT2D eigenvalue weighted by atomic mass is 32.2. The van der Waals surface area contributed by atoms with Crippen molar-refractivity contribution in [3.63, 3.8) is 0 Å². The number of amides is 1. The Balaban J connectivity index is 2.29. The van der Waals surface area contributed by atoms with E-state index >= 15 is 0 Å². The normalized spacial score (nSPS) is 10.1. The summed E-state index contributed by atoms with van der Waals surface area (Å²) in [7, 11) is 1.87. The van der Waals surface area contributed by atoms with Gasteiger partial charge in [0.2, 0.25) is 5.91 Å². The lowest BCUT2D eigenvalue weighted by molar-refractivity contribution is -0.118. The molecule has 0 atom stereocenters. The van der Waals surface area contributed by atoms with E-state index in [-0.39, 0.29) is 5.91 Å². The highest BCUT2D eigenvalue weighted by Gasteiger charge is 2.03. The number of carbonyl (C=O) groups excluding carboxylic acids is 1. The van der Waals surface area contributed by atoms with E-state index in [4.69, 9.17) is 0 Å². The second kappa shape index (κ2) is 7.30. The maximum atomic E-state index is 11.4. The Morgan fingerprint density at radius 3 is 2.75 bits per heavy atom. The first kappa shape index (κ1) is 13.1. The van der Waals surface area contributed by atoms with Crippen LogP contribution in [0.3, 0.4) is 0 Å². The van der Waals surface area contributed by atoms with Gasteiger partial charge < -0.3 is 10.6 Å². The number of rotatable bonds is 6. The van der Waals surface area contributed by atoms with Gasteiger partial charge in [0.15, 0.2) is 0 Å². The van der Waals surface area contributed by atoms with Gasteiger partial charge in [0, 0.05) is 18.0 Å². The fourth-order valence-corrected chi connectivity index (χ4v) is 2.10. The van der Waals surface area contributed by atoms with Crippen molar-refractivity contribution in [3.8, 4) is 0 Å². The monoisotopic (exact) mass is 238 g/mol. The topological polar surface area (TPSA) is 41.1 Å². The molecule has 0 unspecified atom stereocenters. The largest absolute Gasteiger partial charge is 0.354 e. The van der Waals surface area contributed by atoms with Crippen LogP contribution < -0.4 is 10.6 Å². The molecule has 88 valence electrons. The maximum Gasteiger partial charge on any atom is 0.230 e. The number of hydrogen-bond donors (Lipinski definition) is 2. The van der Waals surface area contributed by atoms with Crippen molar-refractivity contribution in [2.24, 2.45) is 0 Å². The third-order valence-corrected chi connectivity index (χ3v) is 3.33. The number of likely N-dealkylation sites (N-methyl/N-ethyl adjacent to an activating group) is 1. The minimum Gasteiger partial charge on any atom is -0.354 e. The molecule has 3 nitrogen and oxygen atoms in total. The zero-order valence-electron chi connectivity index (χ0n) is 9.75. The molecular formula is C12H18N2OS. The molecule has 1 aromatic carbocycles. The van der Waals surface area contributed by atoms with Crippen LogP contribution >= 0.6 is 11.8 Å². The van der Waals surface area contributed by atoms with Gasteiger partial charge in [-0.05, 0) is 25.6 Å². The molecule has 1 rings (SSSR count). The van der Waals surface area contributed by atoms with Crippen molar-refractivity contribution < 1.29 is 4.79 Å². The van der Waals surface area contributed by atoms with Crippen LogP contribution in [0.4, 0.5) is 0 Å². The summed E-state index contributed by atoms with van der Waals surface area (Å²) < 4.78 is 0. The van der Waals surface area contributed by atoms with Gasteiger partial charge in [-0.1, -0.05) is 18.2 Å². The lowest BCUT2D eigenvalue weighted by Gasteiger charge is -2.06. The van der Waals surface area contributed by atoms with Crippen LogP contribution in [-0.2, 0) is 4.79 Å². The molecule has 1 aromatic rings. The molecule has 0 saturated heterocycles. The van der Waals surface area contributed by atoms with E-state index < -0.39 is 0 Å². The molecule has 2 N–H and O–H groups in total. The molecule has 0 spiro atoms. The third-order valence-electron chi connectivity index (χ3n) is 2.15. The highest BCUT2D eigenvalue weighted by Crippen LogP contribution is 2.21. The first-order chi connectivity index (χ1) is 7.74. The Morgan fingerprint density at radius 2 is 2.06 bits per heavy atom. The van der Waals surface area contributed by atoms with Crippen molar-refractivity contribution >= 4 is 17.7 Å². The van der Waals surface area contributed by atoms with Crippen LogP contribution in [0.1, 0.15) is 5.56 Å². The molecule has 0 heterocycles. The van der Waals surface area contributed by atoms with E-state index in [1.54, 1.807) is 11.8 Å². The SMILES string of the molecule is CNCCNC(=O)CSc1ccccc1C. The Kier molecular flexibility index (Phi) is 5.96. The number of benzene rings is 1. The smallest absolute Gasteiger partial charge is 0.230 e. The van der Waals surface area contributed by atoms with Crippen LogP contribution in [0, 0.1) is 6.92 Å². The molecule has 0 bridgehead atoms. The lowest BCUT2D eigenvalue weighted by Crippen LogP contribution is -2.31. The van der Waals surface area contributed by atoms with Gasteiger partial charge in [0.1, 0.15) is 0 Å². The van der Waals surface area contributed by atoms with Crippen molar-refractivity contribution in [1.29, 1.82) is 0 Å². The van der Waals surface area contributed by atoms with E-state index in [1.807, 2.05) is 25.2 Å². The fourth-order valence-electron chi connectivity index (χ4n) is 1.24. The molecule has 1 amide bonds. The van der Waals surface area contributed by atoms with Crippen LogP contribution in [0.15, 0.2) is 29.2 Å². The number of hydrogen-bond acceptors (Lipinski definition) is 3. The molecule has 0 aromatic heterocycles. The fraction of sp³-hybridized carbons (Fsp3) is 0.417. The second-order valence-electron chi connectivity index (χ2n) is 3.51. The van der Waals surface area contributed by atoms with E-state index in [9.17, 15) is 4.79 Å². The van der Waals surface area contributed by atoms with Gasteiger partial charge >= 0.3 is 0 Å². The molecule has 4 heteroatoms. The minimum atomic E-state index is 0.0866. The van der Waals surface area contributed by atoms with Crippen molar-refractivity contribution in [3.05, 3.63) is 29.8 Å². The third kappa shape index (κ3) is 4.68. The second-order valence-corrected chi connectivity index (χ2v) is 4.52. The lowest BCUT2D eigenvalue weighted by atomic mass is 10.2. The van der Waals surface area contributed by atoms with Crippen molar-refractivity contribution in [2.75, 3.05) is 25.9 Å². The van der Waals surface area contributed by atoms with Crippen molar-refractivity contribution in [2.45, 2.75) is 11.8 Å². The summed E-state index contributed by atoms with van der Waals surface area (Å²) in [5, 5.41) is 5.84. The van der Waals surface area contributed by atoms with Gasteiger partial charge in [0.25, 0.3) is 0 Å². The van der Waals surface area contributed by atoms with E-state index in [2.05, 4.69) is 23.6 Å². The average molecular weight is 238 g/mol. The molecule has 0 aliphatic rings. The van der Waals surface area contributed by atoms with E-state index in [0.29, 0.717) is 12.3 Å². The van der Waals surface area contributed by atoms with Crippen LogP contribution in [-0.4, -0.2) is 31.8 Å². The van der Waals surface area contributed by atoms with E-state index in [1.165, 1.54) is 10.5 Å². The Morgan fingerprint density at radius 1 is 1.31 bits per heavy atom. The summed E-state index contributed by atoms with van der Waals surface area (Å²) in [5.41, 5.74) is 1.22. The summed E-state index contributed by atoms with van der Waals surface area (Å²) in [6, 6.07) is 8.10. The summed E-state index contributed by atoms with van der Waals surface area (Å²) in [6.45, 7) is 3.55.